The van der Waals surface area contributed by atoms with Crippen molar-refractivity contribution >= 4 is 73.1 Å². The Bertz CT molecular complexity index is 724. The van der Waals surface area contributed by atoms with Gasteiger partial charge in [-0.15, -0.1) is 11.3 Å². The Labute approximate surface area is 152 Å². The highest BCUT2D eigenvalue weighted by atomic mass is 35.6. The average Bonchev–Trinajstić information content (AvgIpc) is 2.84. The van der Waals surface area contributed by atoms with E-state index in [0.717, 1.165) is 17.5 Å². The van der Waals surface area contributed by atoms with E-state index >= 15 is 0 Å². The van der Waals surface area contributed by atoms with Crippen LogP contribution in [0.4, 0.5) is 5.00 Å². The van der Waals surface area contributed by atoms with Crippen LogP contribution in [0.2, 0.25) is 0 Å². The summed E-state index contributed by atoms with van der Waals surface area (Å²) < 4.78 is 3.98. The summed E-state index contributed by atoms with van der Waals surface area (Å²) in [7, 11) is 0. The standard InChI is InChI=1S/C15H14Cl3NO3S/c1-2-3-8-22-13(20)11-9-6-4-5-7-10(9)23-12(11)19-14(21)15(16,17)18/h4-7H,2-3,8H2,1H3,(H,19,21). The summed E-state index contributed by atoms with van der Waals surface area (Å²) >= 11 is 17.9. The third kappa shape index (κ3) is 4.51. The van der Waals surface area contributed by atoms with Gasteiger partial charge in [0.25, 0.3) is 9.70 Å². The third-order valence-electron chi connectivity index (χ3n) is 3.02. The van der Waals surface area contributed by atoms with E-state index in [4.69, 9.17) is 39.5 Å². The molecule has 1 aromatic carbocycles. The first-order valence-corrected chi connectivity index (χ1v) is 8.86. The zero-order valence-corrected chi connectivity index (χ0v) is 15.3. The van der Waals surface area contributed by atoms with Crippen LogP contribution in [0.5, 0.6) is 0 Å². The highest BCUT2D eigenvalue weighted by Crippen LogP contribution is 2.38. The smallest absolute Gasteiger partial charge is 0.341 e. The Hall–Kier alpha value is -1.01. The number of carbonyl (C=O) groups is 2. The number of unbranched alkanes of at least 4 members (excludes halogenated alkanes) is 1. The molecule has 0 bridgehead atoms. The molecule has 0 atom stereocenters. The molecule has 0 aliphatic carbocycles. The fraction of sp³-hybridized carbons (Fsp3) is 0.333. The molecule has 2 aromatic rings. The second-order valence-corrected chi connectivity index (χ2v) is 8.08. The molecule has 1 heterocycles. The first-order chi connectivity index (χ1) is 10.8. The summed E-state index contributed by atoms with van der Waals surface area (Å²) in [6.45, 7) is 2.32. The lowest BCUT2D eigenvalue weighted by molar-refractivity contribution is -0.115. The number of ether oxygens (including phenoxy) is 1. The largest absolute Gasteiger partial charge is 0.462 e. The second-order valence-electron chi connectivity index (χ2n) is 4.74. The van der Waals surface area contributed by atoms with Crippen molar-refractivity contribution in [3.05, 3.63) is 29.8 Å². The first kappa shape index (κ1) is 18.3. The maximum absolute atomic E-state index is 12.4. The Morgan fingerprint density at radius 1 is 1.26 bits per heavy atom. The van der Waals surface area contributed by atoms with Gasteiger partial charge in [0.05, 0.1) is 6.61 Å². The lowest BCUT2D eigenvalue weighted by Gasteiger charge is -2.11. The normalized spacial score (nSPS) is 11.5. The number of fused-ring (bicyclic) bond motifs is 1. The van der Waals surface area contributed by atoms with Crippen LogP contribution in [-0.4, -0.2) is 22.3 Å². The third-order valence-corrected chi connectivity index (χ3v) is 4.62. The number of benzene rings is 1. The van der Waals surface area contributed by atoms with Gasteiger partial charge in [-0.2, -0.15) is 0 Å². The van der Waals surface area contributed by atoms with Gasteiger partial charge in [0.15, 0.2) is 0 Å². The van der Waals surface area contributed by atoms with E-state index < -0.39 is 15.7 Å². The minimum absolute atomic E-state index is 0.282. The van der Waals surface area contributed by atoms with Crippen molar-refractivity contribution in [1.82, 2.24) is 0 Å². The molecular formula is C15H14Cl3NO3S. The van der Waals surface area contributed by atoms with Gasteiger partial charge in [-0.05, 0) is 12.5 Å². The second kappa shape index (κ2) is 7.71. The quantitative estimate of drug-likeness (QED) is 0.432. The molecule has 1 amide bonds. The van der Waals surface area contributed by atoms with Crippen molar-refractivity contribution in [1.29, 1.82) is 0 Å². The zero-order valence-electron chi connectivity index (χ0n) is 12.2. The van der Waals surface area contributed by atoms with E-state index in [1.807, 2.05) is 19.1 Å². The Balaban J connectivity index is 2.37. The topological polar surface area (TPSA) is 55.4 Å². The monoisotopic (exact) mass is 393 g/mol. The van der Waals surface area contributed by atoms with Gasteiger partial charge in [-0.25, -0.2) is 4.79 Å². The van der Waals surface area contributed by atoms with E-state index in [2.05, 4.69) is 5.32 Å². The van der Waals surface area contributed by atoms with Crippen LogP contribution in [0.25, 0.3) is 10.1 Å². The van der Waals surface area contributed by atoms with Crippen LogP contribution in [0.3, 0.4) is 0 Å². The molecule has 0 aliphatic rings. The van der Waals surface area contributed by atoms with Crippen LogP contribution in [-0.2, 0) is 9.53 Å². The van der Waals surface area contributed by atoms with Crippen molar-refractivity contribution in [2.75, 3.05) is 11.9 Å². The maximum Gasteiger partial charge on any atom is 0.341 e. The molecule has 1 aromatic heterocycles. The number of carbonyl (C=O) groups excluding carboxylic acids is 2. The summed E-state index contributed by atoms with van der Waals surface area (Å²) in [6, 6.07) is 7.27. The van der Waals surface area contributed by atoms with Crippen molar-refractivity contribution < 1.29 is 14.3 Å². The highest BCUT2D eigenvalue weighted by molar-refractivity contribution is 7.23. The summed E-state index contributed by atoms with van der Waals surface area (Å²) in [5, 5.41) is 3.50. The van der Waals surface area contributed by atoms with Crippen molar-refractivity contribution in [3.8, 4) is 0 Å². The molecule has 0 unspecified atom stereocenters. The first-order valence-electron chi connectivity index (χ1n) is 6.91. The van der Waals surface area contributed by atoms with Gasteiger partial charge in [0.1, 0.15) is 10.6 Å². The molecule has 0 spiro atoms. The van der Waals surface area contributed by atoms with E-state index in [0.29, 0.717) is 17.0 Å². The summed E-state index contributed by atoms with van der Waals surface area (Å²) in [5.74, 6) is -1.33. The van der Waals surface area contributed by atoms with Gasteiger partial charge in [-0.1, -0.05) is 66.3 Å². The molecular weight excluding hydrogens is 381 g/mol. The molecule has 124 valence electrons. The molecule has 0 saturated carbocycles. The Morgan fingerprint density at radius 3 is 2.61 bits per heavy atom. The predicted octanol–water partition coefficient (Wildman–Crippen LogP) is 5.17. The Morgan fingerprint density at radius 2 is 1.96 bits per heavy atom. The number of hydrogen-bond acceptors (Lipinski definition) is 4. The number of amides is 1. The molecule has 0 fully saturated rings. The minimum Gasteiger partial charge on any atom is -0.462 e. The number of anilines is 1. The number of esters is 1. The van der Waals surface area contributed by atoms with Gasteiger partial charge < -0.3 is 10.1 Å². The number of thiophene rings is 1. The molecule has 2 rings (SSSR count). The summed E-state index contributed by atoms with van der Waals surface area (Å²) in [5.41, 5.74) is 0.282. The van der Waals surface area contributed by atoms with Crippen LogP contribution in [0, 0.1) is 0 Å². The van der Waals surface area contributed by atoms with Crippen LogP contribution < -0.4 is 5.32 Å². The van der Waals surface area contributed by atoms with E-state index in [1.165, 1.54) is 11.3 Å². The SMILES string of the molecule is CCCCOC(=O)c1c(NC(=O)C(Cl)(Cl)Cl)sc2ccccc12. The maximum atomic E-state index is 12.4. The van der Waals surface area contributed by atoms with Crippen molar-refractivity contribution in [2.45, 2.75) is 23.6 Å². The molecule has 0 aliphatic heterocycles. The van der Waals surface area contributed by atoms with Gasteiger partial charge in [-0.3, -0.25) is 4.79 Å². The minimum atomic E-state index is -2.11. The molecule has 23 heavy (non-hydrogen) atoms. The fourth-order valence-corrected chi connectivity index (χ4v) is 3.12. The van der Waals surface area contributed by atoms with Gasteiger partial charge in [0, 0.05) is 10.1 Å². The van der Waals surface area contributed by atoms with E-state index in [-0.39, 0.29) is 5.56 Å². The zero-order chi connectivity index (χ0) is 17.0. The van der Waals surface area contributed by atoms with Crippen LogP contribution in [0.1, 0.15) is 30.1 Å². The summed E-state index contributed by atoms with van der Waals surface area (Å²) in [6.07, 6.45) is 1.68. The molecule has 0 saturated heterocycles. The number of rotatable bonds is 5. The lowest BCUT2D eigenvalue weighted by atomic mass is 10.1. The average molecular weight is 395 g/mol. The highest BCUT2D eigenvalue weighted by Gasteiger charge is 2.32. The van der Waals surface area contributed by atoms with E-state index in [9.17, 15) is 9.59 Å². The Kier molecular flexibility index (Phi) is 6.14. The van der Waals surface area contributed by atoms with E-state index in [1.54, 1.807) is 12.1 Å². The van der Waals surface area contributed by atoms with Crippen molar-refractivity contribution in [3.63, 3.8) is 0 Å². The number of hydrogen-bond donors (Lipinski definition) is 1. The molecule has 8 heteroatoms. The van der Waals surface area contributed by atoms with Crippen LogP contribution in [0.15, 0.2) is 24.3 Å². The van der Waals surface area contributed by atoms with Crippen molar-refractivity contribution in [2.24, 2.45) is 0 Å². The van der Waals surface area contributed by atoms with Gasteiger partial charge >= 0.3 is 5.97 Å². The fourth-order valence-electron chi connectivity index (χ4n) is 1.89. The lowest BCUT2D eigenvalue weighted by Crippen LogP contribution is -2.27. The molecule has 1 N–H and O–H groups in total. The number of halogens is 3. The number of nitrogens with one attached hydrogen (secondary N) is 1. The molecule has 4 nitrogen and oxygen atoms in total. The summed E-state index contributed by atoms with van der Waals surface area (Å²) in [4.78, 5) is 24.3. The molecule has 0 radical (unpaired) electrons. The predicted molar refractivity (Wildman–Crippen MR) is 95.9 cm³/mol. The van der Waals surface area contributed by atoms with Crippen LogP contribution >= 0.6 is 46.1 Å². The number of alkyl halides is 3. The van der Waals surface area contributed by atoms with Gasteiger partial charge in [0.2, 0.25) is 0 Å².